The van der Waals surface area contributed by atoms with Gasteiger partial charge in [0.1, 0.15) is 0 Å². The third-order valence-electron chi connectivity index (χ3n) is 5.98. The molecule has 0 saturated carbocycles. The van der Waals surface area contributed by atoms with E-state index in [1.165, 1.54) is 128 Å². The number of hydrogen-bond donors (Lipinski definition) is 0. The molecule has 2 radical (unpaired) electrons. The monoisotopic (exact) mass is 402 g/mol. The summed E-state index contributed by atoms with van der Waals surface area (Å²) in [7, 11) is 0. The van der Waals surface area contributed by atoms with E-state index < -0.39 is 0 Å². The summed E-state index contributed by atoms with van der Waals surface area (Å²) in [6.45, 7) is 7.76. The molecule has 0 amide bonds. The van der Waals surface area contributed by atoms with Gasteiger partial charge in [-0.3, -0.25) is 0 Å². The Labute approximate surface area is 186 Å². The van der Waals surface area contributed by atoms with E-state index in [0.29, 0.717) is 0 Å². The average Bonchev–Trinajstić information content (AvgIpc) is 2.74. The molecule has 0 nitrogen and oxygen atoms in total. The van der Waals surface area contributed by atoms with Gasteiger partial charge in [-0.25, -0.2) is 0 Å². The van der Waals surface area contributed by atoms with E-state index in [1.807, 2.05) is 0 Å². The molecule has 0 saturated heterocycles. The third kappa shape index (κ3) is 27.6. The normalized spacial score (nSPS) is 10.8. The summed E-state index contributed by atoms with van der Waals surface area (Å²) < 4.78 is 0. The van der Waals surface area contributed by atoms with Gasteiger partial charge in [-0.15, -0.1) is 11.8 Å². The first kappa shape index (κ1) is 28.6. The Morgan fingerprint density at radius 3 is 0.828 bits per heavy atom. The van der Waals surface area contributed by atoms with E-state index in [2.05, 4.69) is 25.7 Å². The zero-order valence-electron chi connectivity index (χ0n) is 20.1. The van der Waals surface area contributed by atoms with E-state index >= 15 is 0 Å². The molecule has 0 aliphatic heterocycles. The first-order chi connectivity index (χ1) is 14.4. The van der Waals surface area contributed by atoms with Crippen LogP contribution in [0.5, 0.6) is 0 Å². The van der Waals surface area contributed by atoms with Crippen molar-refractivity contribution in [1.82, 2.24) is 0 Å². The van der Waals surface area contributed by atoms with Crippen LogP contribution in [0.3, 0.4) is 0 Å². The molecule has 0 aromatic heterocycles. The highest BCUT2D eigenvalue weighted by molar-refractivity contribution is 4.98. The molecule has 0 heterocycles. The quantitative estimate of drug-likeness (QED) is 0.118. The van der Waals surface area contributed by atoms with Crippen LogP contribution in [-0.2, 0) is 0 Å². The van der Waals surface area contributed by atoms with Crippen LogP contribution in [-0.4, -0.2) is 0 Å². The van der Waals surface area contributed by atoms with Gasteiger partial charge in [-0.05, 0) is 12.8 Å². The molecule has 0 bridgehead atoms. The van der Waals surface area contributed by atoms with Crippen molar-refractivity contribution >= 4 is 0 Å². The van der Waals surface area contributed by atoms with Gasteiger partial charge in [0.25, 0.3) is 0 Å². The lowest BCUT2D eigenvalue weighted by Crippen LogP contribution is -1.84. The minimum Gasteiger partial charge on any atom is -0.103 e. The topological polar surface area (TPSA) is 0 Å². The molecule has 0 aliphatic rings. The van der Waals surface area contributed by atoms with Crippen LogP contribution in [0.2, 0.25) is 0 Å². The second-order valence-electron chi connectivity index (χ2n) is 8.99. The molecule has 0 spiro atoms. The van der Waals surface area contributed by atoms with Crippen LogP contribution in [0.4, 0.5) is 0 Å². The predicted molar refractivity (Wildman–Crippen MR) is 134 cm³/mol. The molecule has 170 valence electrons. The second kappa shape index (κ2) is 27.6. The van der Waals surface area contributed by atoms with Crippen molar-refractivity contribution in [1.29, 1.82) is 0 Å². The Morgan fingerprint density at radius 2 is 0.517 bits per heavy atom. The number of unbranched alkanes of at least 4 members (excludes halogenated alkanes) is 23. The smallest absolute Gasteiger partial charge is 0.00886 e. The Morgan fingerprint density at radius 1 is 0.276 bits per heavy atom. The lowest BCUT2D eigenvalue weighted by molar-refractivity contribution is 0.521. The van der Waals surface area contributed by atoms with Gasteiger partial charge in [-0.2, -0.15) is 0 Å². The lowest BCUT2D eigenvalue weighted by atomic mass is 10.0. The van der Waals surface area contributed by atoms with Crippen LogP contribution in [0.1, 0.15) is 161 Å². The summed E-state index contributed by atoms with van der Waals surface area (Å²) in [5, 5.41) is 0. The van der Waals surface area contributed by atoms with Gasteiger partial charge in [-0.1, -0.05) is 149 Å². The van der Waals surface area contributed by atoms with Crippen LogP contribution >= 0.6 is 0 Å². The second-order valence-corrected chi connectivity index (χ2v) is 8.99. The van der Waals surface area contributed by atoms with Crippen molar-refractivity contribution in [3.05, 3.63) is 13.8 Å². The maximum atomic E-state index is 3.91. The summed E-state index contributed by atoms with van der Waals surface area (Å²) in [6, 6.07) is 0. The summed E-state index contributed by atoms with van der Waals surface area (Å²) >= 11 is 0. The van der Waals surface area contributed by atoms with E-state index in [4.69, 9.17) is 0 Å². The molecule has 0 rings (SSSR count). The van der Waals surface area contributed by atoms with Crippen molar-refractivity contribution in [3.63, 3.8) is 0 Å². The fourth-order valence-electron chi connectivity index (χ4n) is 3.96. The van der Waals surface area contributed by atoms with Crippen LogP contribution < -0.4 is 0 Å². The SMILES string of the molecule is [CH2]CCCC#CCCCCCCCCCCCCCCCCCCCCCC[CH2]. The molecule has 0 fully saturated rings. The summed E-state index contributed by atoms with van der Waals surface area (Å²) in [6.07, 6.45) is 34.2. The first-order valence-corrected chi connectivity index (χ1v) is 13.5. The summed E-state index contributed by atoms with van der Waals surface area (Å²) in [4.78, 5) is 0. The van der Waals surface area contributed by atoms with Gasteiger partial charge in [0.2, 0.25) is 0 Å². The summed E-state index contributed by atoms with van der Waals surface area (Å²) in [5.41, 5.74) is 0. The molecule has 0 heteroatoms. The van der Waals surface area contributed by atoms with Crippen LogP contribution in [0.15, 0.2) is 0 Å². The Balaban J connectivity index is 3.02. The maximum Gasteiger partial charge on any atom is 0.00886 e. The van der Waals surface area contributed by atoms with Gasteiger partial charge in [0.15, 0.2) is 0 Å². The van der Waals surface area contributed by atoms with Gasteiger partial charge < -0.3 is 0 Å². The standard InChI is InChI=1S/C29H54/c1-3-5-7-9-11-13-15-17-19-21-23-25-27-29-28-26-24-22-20-18-16-14-12-10-8-6-4-2/h1-9,11,13-29H2. The molecule has 0 aromatic rings. The Hall–Kier alpha value is -0.440. The largest absolute Gasteiger partial charge is 0.103 e. The van der Waals surface area contributed by atoms with Crippen molar-refractivity contribution in [2.75, 3.05) is 0 Å². The van der Waals surface area contributed by atoms with Crippen molar-refractivity contribution < 1.29 is 0 Å². The Bertz CT molecular complexity index is 332. The fourth-order valence-corrected chi connectivity index (χ4v) is 3.96. The number of hydrogen-bond acceptors (Lipinski definition) is 0. The van der Waals surface area contributed by atoms with E-state index in [-0.39, 0.29) is 0 Å². The molecule has 0 aromatic carbocycles. The van der Waals surface area contributed by atoms with Gasteiger partial charge in [0.05, 0.1) is 0 Å². The molecule has 0 unspecified atom stereocenters. The van der Waals surface area contributed by atoms with Crippen LogP contribution in [0.25, 0.3) is 0 Å². The molecule has 0 N–H and O–H groups in total. The molecular formula is C29H54. The molecule has 0 atom stereocenters. The highest BCUT2D eigenvalue weighted by Gasteiger charge is 1.95. The van der Waals surface area contributed by atoms with Gasteiger partial charge >= 0.3 is 0 Å². The van der Waals surface area contributed by atoms with Crippen molar-refractivity contribution in [2.45, 2.75) is 161 Å². The third-order valence-corrected chi connectivity index (χ3v) is 5.98. The van der Waals surface area contributed by atoms with E-state index in [0.717, 1.165) is 32.1 Å². The van der Waals surface area contributed by atoms with Crippen molar-refractivity contribution in [2.24, 2.45) is 0 Å². The molecule has 0 aliphatic carbocycles. The highest BCUT2D eigenvalue weighted by Crippen LogP contribution is 2.15. The number of rotatable bonds is 23. The first-order valence-electron chi connectivity index (χ1n) is 13.5. The maximum absolute atomic E-state index is 3.91. The minimum absolute atomic E-state index is 1.02. The zero-order chi connectivity index (χ0) is 21.1. The molecular weight excluding hydrogens is 348 g/mol. The van der Waals surface area contributed by atoms with E-state index in [9.17, 15) is 0 Å². The summed E-state index contributed by atoms with van der Waals surface area (Å²) in [5.74, 6) is 6.56. The fraction of sp³-hybridized carbons (Fsp3) is 0.862. The average molecular weight is 403 g/mol. The highest BCUT2D eigenvalue weighted by atomic mass is 14.0. The zero-order valence-corrected chi connectivity index (χ0v) is 20.1. The minimum atomic E-state index is 1.02. The van der Waals surface area contributed by atoms with Crippen LogP contribution in [0, 0.1) is 25.7 Å². The Kier molecular flexibility index (Phi) is 27.1. The lowest BCUT2D eigenvalue weighted by Gasteiger charge is -2.04. The predicted octanol–water partition coefficient (Wildman–Crippen LogP) is 10.4. The van der Waals surface area contributed by atoms with Crippen molar-refractivity contribution in [3.8, 4) is 11.8 Å². The van der Waals surface area contributed by atoms with Gasteiger partial charge in [0, 0.05) is 12.8 Å². The van der Waals surface area contributed by atoms with E-state index in [1.54, 1.807) is 0 Å². The molecule has 29 heavy (non-hydrogen) atoms.